The van der Waals surface area contributed by atoms with E-state index in [1.807, 2.05) is 0 Å². The van der Waals surface area contributed by atoms with Crippen molar-refractivity contribution in [1.82, 2.24) is 5.32 Å². The zero-order valence-electron chi connectivity index (χ0n) is 25.2. The number of allylic oxidation sites excluding steroid dienone is 1. The van der Waals surface area contributed by atoms with Crippen LogP contribution < -0.4 is 10.6 Å². The maximum atomic E-state index is 11.9. The molecule has 0 amide bonds. The van der Waals surface area contributed by atoms with Gasteiger partial charge in [-0.15, -0.1) is 0 Å². The van der Waals surface area contributed by atoms with Crippen molar-refractivity contribution in [2.24, 2.45) is 46.3 Å². The first kappa shape index (κ1) is 28.2. The number of aliphatic hydroxyl groups is 2. The Labute approximate surface area is 242 Å². The molecular weight excluding hydrogens is 492 g/mol. The zero-order chi connectivity index (χ0) is 28.2. The first-order chi connectivity index (χ1) is 19.2. The smallest absolute Gasteiger partial charge is 0.0602 e. The average molecular weight is 545 g/mol. The molecule has 4 saturated carbocycles. The summed E-state index contributed by atoms with van der Waals surface area (Å²) in [5.41, 5.74) is 2.32. The molecule has 0 heterocycles. The van der Waals surface area contributed by atoms with E-state index < -0.39 is 0 Å². The number of anilines is 1. The summed E-state index contributed by atoms with van der Waals surface area (Å²) in [6.07, 6.45) is 9.22. The number of nitrogens with one attached hydrogen (secondary N) is 2. The highest BCUT2D eigenvalue weighted by Gasteiger charge is 2.65. The molecule has 0 radical (unpaired) electrons. The van der Waals surface area contributed by atoms with Crippen LogP contribution in [0.4, 0.5) is 5.69 Å². The van der Waals surface area contributed by atoms with Gasteiger partial charge in [0.2, 0.25) is 0 Å². The molecule has 11 atom stereocenters. The van der Waals surface area contributed by atoms with Crippen LogP contribution in [0.1, 0.15) is 78.6 Å². The van der Waals surface area contributed by atoms with E-state index >= 15 is 0 Å². The number of hydrogen-bond acceptors (Lipinski definition) is 4. The minimum Gasteiger partial charge on any atom is -0.393 e. The summed E-state index contributed by atoms with van der Waals surface area (Å²) >= 11 is 0. The summed E-state index contributed by atoms with van der Waals surface area (Å²) in [5, 5.41) is 33.2. The molecule has 6 rings (SSSR count). The number of hydrogen-bond donors (Lipinski definition) is 4. The molecule has 4 aliphatic carbocycles. The van der Waals surface area contributed by atoms with E-state index in [0.717, 1.165) is 43.5 Å². The molecule has 0 bridgehead atoms. The first-order valence-corrected chi connectivity index (χ1v) is 16.1. The van der Waals surface area contributed by atoms with Crippen molar-refractivity contribution in [2.75, 3.05) is 12.4 Å². The van der Waals surface area contributed by atoms with Gasteiger partial charge in [0, 0.05) is 22.8 Å². The molecule has 218 valence electrons. The predicted octanol–water partition coefficient (Wildman–Crippen LogP) is 7.37. The predicted molar refractivity (Wildman–Crippen MR) is 166 cm³/mol. The Balaban J connectivity index is 1.14. The summed E-state index contributed by atoms with van der Waals surface area (Å²) in [7, 11) is 2.08. The van der Waals surface area contributed by atoms with Gasteiger partial charge in [-0.3, -0.25) is 0 Å². The number of benzene rings is 2. The molecule has 0 aromatic heterocycles. The lowest BCUT2D eigenvalue weighted by atomic mass is 9.43. The Kier molecular flexibility index (Phi) is 7.59. The molecule has 2 aromatic rings. The largest absolute Gasteiger partial charge is 0.393 e. The zero-order valence-corrected chi connectivity index (χ0v) is 25.2. The number of fused-ring (bicyclic) bond motifs is 6. The van der Waals surface area contributed by atoms with E-state index in [0.29, 0.717) is 41.5 Å². The van der Waals surface area contributed by atoms with E-state index in [4.69, 9.17) is 0 Å². The highest BCUT2D eigenvalue weighted by atomic mass is 16.3. The molecular formula is C36H52N2O2. The van der Waals surface area contributed by atoms with Gasteiger partial charge in [-0.2, -0.15) is 0 Å². The third-order valence-electron chi connectivity index (χ3n) is 13.0. The lowest BCUT2D eigenvalue weighted by molar-refractivity contribution is -0.202. The van der Waals surface area contributed by atoms with Gasteiger partial charge in [0.1, 0.15) is 0 Å². The number of aliphatic hydroxyl groups excluding tert-OH is 2. The fourth-order valence-electron chi connectivity index (χ4n) is 10.6. The van der Waals surface area contributed by atoms with E-state index in [1.54, 1.807) is 0 Å². The lowest BCUT2D eigenvalue weighted by Crippen LogP contribution is -2.62. The molecule has 0 spiro atoms. The lowest BCUT2D eigenvalue weighted by Gasteiger charge is -2.63. The van der Waals surface area contributed by atoms with Gasteiger partial charge in [-0.25, -0.2) is 0 Å². The van der Waals surface area contributed by atoms with Gasteiger partial charge in [0.15, 0.2) is 0 Å². The molecule has 4 nitrogen and oxygen atoms in total. The third kappa shape index (κ3) is 4.53. The van der Waals surface area contributed by atoms with Crippen LogP contribution in [-0.4, -0.2) is 35.5 Å². The SMILES string of the molecule is C=C(CC[C@@H](C)C1CCC2[C@@H]3C(CC(O)C21C)C1(C)CC[C@@H](NC)C[C@H]1C[C@@H]3O)Nc1cccc2ccccc12. The average Bonchev–Trinajstić information content (AvgIpc) is 3.31. The third-order valence-corrected chi connectivity index (χ3v) is 13.0. The molecule has 2 aromatic carbocycles. The molecule has 0 aliphatic heterocycles. The molecule has 6 unspecified atom stereocenters. The quantitative estimate of drug-likeness (QED) is 0.294. The van der Waals surface area contributed by atoms with Crippen LogP contribution in [0.3, 0.4) is 0 Å². The standard InChI is InChI=1S/C36H52N2O2/c1-22(13-14-23(2)38-31-12-8-10-24-9-6-7-11-27(24)31)28-15-16-29-34-30(21-33(40)36(28,29)4)35(3)18-17-26(37-5)19-25(35)20-32(34)39/h6-12,22,25-26,28-30,32-34,37-40H,2,13-21H2,1,3-5H3/t22-,25+,26-,28?,29?,30?,32+,33?,34-,35?,36?/m1/s1. The van der Waals surface area contributed by atoms with Gasteiger partial charge in [-0.05, 0) is 123 Å². The minimum absolute atomic E-state index is 0.114. The molecule has 4 heteroatoms. The maximum absolute atomic E-state index is 11.9. The Morgan fingerprint density at radius 2 is 1.77 bits per heavy atom. The highest BCUT2D eigenvalue weighted by molar-refractivity contribution is 5.94. The van der Waals surface area contributed by atoms with E-state index in [1.165, 1.54) is 36.5 Å². The van der Waals surface area contributed by atoms with Crippen LogP contribution in [0.2, 0.25) is 0 Å². The van der Waals surface area contributed by atoms with Crippen LogP contribution in [0.15, 0.2) is 54.7 Å². The summed E-state index contributed by atoms with van der Waals surface area (Å²) in [6, 6.07) is 15.5. The summed E-state index contributed by atoms with van der Waals surface area (Å²) < 4.78 is 0. The first-order valence-electron chi connectivity index (χ1n) is 16.1. The van der Waals surface area contributed by atoms with Crippen molar-refractivity contribution in [1.29, 1.82) is 0 Å². The fourth-order valence-corrected chi connectivity index (χ4v) is 10.6. The Morgan fingerprint density at radius 3 is 2.58 bits per heavy atom. The van der Waals surface area contributed by atoms with E-state index in [9.17, 15) is 10.2 Å². The van der Waals surface area contributed by atoms with E-state index in [2.05, 4.69) is 87.5 Å². The van der Waals surface area contributed by atoms with Crippen molar-refractivity contribution in [2.45, 2.75) is 96.8 Å². The molecule has 4 aliphatic rings. The molecule has 40 heavy (non-hydrogen) atoms. The fraction of sp³-hybridized carbons (Fsp3) is 0.667. The molecule has 0 saturated heterocycles. The van der Waals surface area contributed by atoms with Crippen molar-refractivity contribution in [3.63, 3.8) is 0 Å². The summed E-state index contributed by atoms with van der Waals surface area (Å²) in [5.74, 6) is 2.73. The minimum atomic E-state index is -0.282. The summed E-state index contributed by atoms with van der Waals surface area (Å²) in [6.45, 7) is 11.7. The van der Waals surface area contributed by atoms with Crippen LogP contribution in [0, 0.1) is 46.3 Å². The Hall–Kier alpha value is -1.88. The van der Waals surface area contributed by atoms with Crippen molar-refractivity contribution >= 4 is 16.5 Å². The second-order valence-electron chi connectivity index (χ2n) is 14.6. The molecule has 4 N–H and O–H groups in total. The number of rotatable bonds is 7. The Morgan fingerprint density at radius 1 is 1.00 bits per heavy atom. The summed E-state index contributed by atoms with van der Waals surface area (Å²) in [4.78, 5) is 0. The van der Waals surface area contributed by atoms with Crippen molar-refractivity contribution in [3.05, 3.63) is 54.7 Å². The van der Waals surface area contributed by atoms with E-state index in [-0.39, 0.29) is 23.0 Å². The molecule has 4 fully saturated rings. The van der Waals surface area contributed by atoms with Crippen molar-refractivity contribution in [3.8, 4) is 0 Å². The second kappa shape index (κ2) is 10.7. The second-order valence-corrected chi connectivity index (χ2v) is 14.6. The van der Waals surface area contributed by atoms with Gasteiger partial charge in [0.25, 0.3) is 0 Å². The topological polar surface area (TPSA) is 64.5 Å². The van der Waals surface area contributed by atoms with Crippen LogP contribution in [0.5, 0.6) is 0 Å². The highest BCUT2D eigenvalue weighted by Crippen LogP contribution is 2.68. The van der Waals surface area contributed by atoms with Gasteiger partial charge >= 0.3 is 0 Å². The monoisotopic (exact) mass is 544 g/mol. The normalized spacial score (nSPS) is 41.5. The van der Waals surface area contributed by atoms with Gasteiger partial charge < -0.3 is 20.8 Å². The van der Waals surface area contributed by atoms with Crippen molar-refractivity contribution < 1.29 is 10.2 Å². The maximum Gasteiger partial charge on any atom is 0.0602 e. The van der Waals surface area contributed by atoms with Gasteiger partial charge in [-0.1, -0.05) is 63.7 Å². The van der Waals surface area contributed by atoms with Crippen LogP contribution >= 0.6 is 0 Å². The van der Waals surface area contributed by atoms with Crippen LogP contribution in [0.25, 0.3) is 10.8 Å². The van der Waals surface area contributed by atoms with Crippen LogP contribution in [-0.2, 0) is 0 Å². The van der Waals surface area contributed by atoms with Gasteiger partial charge in [0.05, 0.1) is 12.2 Å². The Bertz CT molecular complexity index is 1220.